The highest BCUT2D eigenvalue weighted by Gasteiger charge is 2.01. The first-order valence-corrected chi connectivity index (χ1v) is 9.25. The number of hydrogen-bond acceptors (Lipinski definition) is 7. The van der Waals surface area contributed by atoms with E-state index in [4.69, 9.17) is 18.9 Å². The van der Waals surface area contributed by atoms with Gasteiger partial charge in [0.2, 0.25) is 0 Å². The Labute approximate surface area is 162 Å². The van der Waals surface area contributed by atoms with Gasteiger partial charge in [-0.25, -0.2) is 0 Å². The fourth-order valence-electron chi connectivity index (χ4n) is 2.03. The van der Waals surface area contributed by atoms with Crippen LogP contribution < -0.4 is 9.47 Å². The highest BCUT2D eigenvalue weighted by Crippen LogP contribution is 2.30. The Kier molecular flexibility index (Phi) is 8.51. The molecule has 144 valence electrons. The van der Waals surface area contributed by atoms with Crippen LogP contribution in [0.4, 0.5) is 0 Å². The first-order valence-electron chi connectivity index (χ1n) is 8.43. The molecule has 0 unspecified atom stereocenters. The second kappa shape index (κ2) is 11.1. The van der Waals surface area contributed by atoms with Gasteiger partial charge in [0.25, 0.3) is 0 Å². The van der Waals surface area contributed by atoms with Crippen LogP contribution in [0.5, 0.6) is 11.5 Å². The van der Waals surface area contributed by atoms with Crippen molar-refractivity contribution in [1.82, 2.24) is 0 Å². The molecule has 0 saturated carbocycles. The number of benzene rings is 2. The fraction of sp³-hybridized carbons (Fsp3) is 0.300. The minimum absolute atomic E-state index is 0.237. The topological polar surface area (TPSA) is 71.1 Å². The Hall–Kier alpha value is -2.67. The van der Waals surface area contributed by atoms with Crippen LogP contribution in [-0.4, -0.2) is 38.4 Å². The van der Waals surface area contributed by atoms with Crippen LogP contribution in [0.3, 0.4) is 0 Å². The lowest BCUT2D eigenvalue weighted by Gasteiger charge is -2.08. The molecule has 0 aliphatic carbocycles. The van der Waals surface area contributed by atoms with Gasteiger partial charge in [0.1, 0.15) is 37.9 Å². The van der Waals surface area contributed by atoms with Crippen LogP contribution in [0, 0.1) is 0 Å². The summed E-state index contributed by atoms with van der Waals surface area (Å²) >= 11 is 1.62. The highest BCUT2D eigenvalue weighted by atomic mass is 32.2. The fourth-order valence-corrected chi connectivity index (χ4v) is 2.85. The van der Waals surface area contributed by atoms with Crippen LogP contribution >= 0.6 is 11.8 Å². The molecule has 27 heavy (non-hydrogen) atoms. The molecule has 2 aromatic carbocycles. The Morgan fingerprint density at radius 3 is 1.37 bits per heavy atom. The third-order valence-corrected chi connectivity index (χ3v) is 4.21. The van der Waals surface area contributed by atoms with Gasteiger partial charge < -0.3 is 18.9 Å². The van der Waals surface area contributed by atoms with Crippen molar-refractivity contribution in [2.24, 2.45) is 0 Å². The van der Waals surface area contributed by atoms with Gasteiger partial charge in [-0.15, -0.1) is 0 Å². The van der Waals surface area contributed by atoms with Gasteiger partial charge in [-0.3, -0.25) is 9.59 Å². The van der Waals surface area contributed by atoms with E-state index in [-0.39, 0.29) is 25.2 Å². The third-order valence-electron chi connectivity index (χ3n) is 3.20. The smallest absolute Gasteiger partial charge is 0.302 e. The lowest BCUT2D eigenvalue weighted by Crippen LogP contribution is -2.09. The molecular formula is C20H22O6S. The van der Waals surface area contributed by atoms with Crippen molar-refractivity contribution in [3.05, 3.63) is 48.5 Å². The van der Waals surface area contributed by atoms with Crippen LogP contribution in [0.1, 0.15) is 13.8 Å². The molecule has 0 bridgehead atoms. The second-order valence-corrected chi connectivity index (χ2v) is 6.57. The molecule has 0 aliphatic heterocycles. The van der Waals surface area contributed by atoms with E-state index in [1.165, 1.54) is 13.8 Å². The van der Waals surface area contributed by atoms with E-state index in [0.29, 0.717) is 13.2 Å². The maximum atomic E-state index is 10.7. The molecule has 7 heteroatoms. The average Bonchev–Trinajstić information content (AvgIpc) is 2.65. The largest absolute Gasteiger partial charge is 0.490 e. The lowest BCUT2D eigenvalue weighted by molar-refractivity contribution is -0.142. The molecule has 2 aromatic rings. The van der Waals surface area contributed by atoms with Crippen LogP contribution in [0.2, 0.25) is 0 Å². The molecule has 0 aromatic heterocycles. The molecule has 0 spiro atoms. The number of carbonyl (C=O) groups is 2. The molecule has 0 aliphatic rings. The van der Waals surface area contributed by atoms with Gasteiger partial charge in [-0.1, -0.05) is 11.8 Å². The molecule has 0 saturated heterocycles. The minimum atomic E-state index is -0.314. The van der Waals surface area contributed by atoms with Crippen molar-refractivity contribution in [2.45, 2.75) is 23.6 Å². The predicted molar refractivity (Wildman–Crippen MR) is 101 cm³/mol. The maximum absolute atomic E-state index is 10.7. The maximum Gasteiger partial charge on any atom is 0.302 e. The van der Waals surface area contributed by atoms with Crippen molar-refractivity contribution in [3.63, 3.8) is 0 Å². The number of carbonyl (C=O) groups excluding carboxylic acids is 2. The molecule has 0 fully saturated rings. The van der Waals surface area contributed by atoms with Crippen molar-refractivity contribution in [1.29, 1.82) is 0 Å². The van der Waals surface area contributed by atoms with E-state index in [1.807, 2.05) is 48.5 Å². The van der Waals surface area contributed by atoms with Crippen LogP contribution in [0.25, 0.3) is 0 Å². The number of ether oxygens (including phenoxy) is 4. The molecule has 0 atom stereocenters. The third kappa shape index (κ3) is 8.50. The van der Waals surface area contributed by atoms with Gasteiger partial charge in [-0.2, -0.15) is 0 Å². The van der Waals surface area contributed by atoms with E-state index in [0.717, 1.165) is 21.3 Å². The quantitative estimate of drug-likeness (QED) is 0.452. The molecule has 0 heterocycles. The average molecular weight is 390 g/mol. The van der Waals surface area contributed by atoms with Crippen LogP contribution in [-0.2, 0) is 19.1 Å². The second-order valence-electron chi connectivity index (χ2n) is 5.42. The zero-order valence-electron chi connectivity index (χ0n) is 15.3. The monoisotopic (exact) mass is 390 g/mol. The van der Waals surface area contributed by atoms with Gasteiger partial charge in [0.15, 0.2) is 0 Å². The zero-order chi connectivity index (χ0) is 19.5. The first kappa shape index (κ1) is 20.6. The summed E-state index contributed by atoms with van der Waals surface area (Å²) in [6, 6.07) is 15.4. The minimum Gasteiger partial charge on any atom is -0.490 e. The lowest BCUT2D eigenvalue weighted by atomic mass is 10.3. The molecule has 6 nitrogen and oxygen atoms in total. The van der Waals surface area contributed by atoms with E-state index >= 15 is 0 Å². The zero-order valence-corrected chi connectivity index (χ0v) is 16.1. The number of esters is 2. The first-order chi connectivity index (χ1) is 13.0. The molecule has 0 N–H and O–H groups in total. The van der Waals surface area contributed by atoms with Gasteiger partial charge in [0, 0.05) is 23.6 Å². The summed E-state index contributed by atoms with van der Waals surface area (Å²) in [7, 11) is 0. The summed E-state index contributed by atoms with van der Waals surface area (Å²) in [5.41, 5.74) is 0. The summed E-state index contributed by atoms with van der Waals surface area (Å²) < 4.78 is 20.6. The van der Waals surface area contributed by atoms with E-state index in [9.17, 15) is 9.59 Å². The Morgan fingerprint density at radius 1 is 0.667 bits per heavy atom. The summed E-state index contributed by atoms with van der Waals surface area (Å²) in [4.78, 5) is 23.5. The Balaban J connectivity index is 1.76. The van der Waals surface area contributed by atoms with Crippen molar-refractivity contribution >= 4 is 23.7 Å². The number of hydrogen-bond donors (Lipinski definition) is 0. The standard InChI is InChI=1S/C20H22O6S/c1-15(21)23-11-13-25-17-3-7-19(8-4-17)27-20-9-5-18(6-10-20)26-14-12-24-16(2)22/h3-10H,11-14H2,1-2H3. The highest BCUT2D eigenvalue weighted by molar-refractivity contribution is 7.99. The van der Waals surface area contributed by atoms with Crippen molar-refractivity contribution in [2.75, 3.05) is 26.4 Å². The van der Waals surface area contributed by atoms with Crippen molar-refractivity contribution < 1.29 is 28.5 Å². The Bertz CT molecular complexity index is 664. The molecular weight excluding hydrogens is 368 g/mol. The van der Waals surface area contributed by atoms with Crippen molar-refractivity contribution in [3.8, 4) is 11.5 Å². The summed E-state index contributed by atoms with van der Waals surface area (Å²) in [5, 5.41) is 0. The molecule has 0 amide bonds. The predicted octanol–water partition coefficient (Wildman–Crippen LogP) is 3.72. The van der Waals surface area contributed by atoms with Gasteiger partial charge >= 0.3 is 11.9 Å². The molecule has 0 radical (unpaired) electrons. The summed E-state index contributed by atoms with van der Waals surface area (Å²) in [6.45, 7) is 3.86. The van der Waals surface area contributed by atoms with E-state index < -0.39 is 0 Å². The van der Waals surface area contributed by atoms with E-state index in [2.05, 4.69) is 0 Å². The van der Waals surface area contributed by atoms with Gasteiger partial charge in [0.05, 0.1) is 0 Å². The SMILES string of the molecule is CC(=O)OCCOc1ccc(Sc2ccc(OCCOC(C)=O)cc2)cc1. The van der Waals surface area contributed by atoms with Crippen LogP contribution in [0.15, 0.2) is 58.3 Å². The Morgan fingerprint density at radius 2 is 1.04 bits per heavy atom. The number of rotatable bonds is 10. The summed E-state index contributed by atoms with van der Waals surface area (Å²) in [5.74, 6) is 0.823. The normalized spacial score (nSPS) is 10.1. The molecule has 2 rings (SSSR count). The van der Waals surface area contributed by atoms with Gasteiger partial charge in [-0.05, 0) is 48.5 Å². The summed E-state index contributed by atoms with van der Waals surface area (Å²) in [6.07, 6.45) is 0. The van der Waals surface area contributed by atoms with E-state index in [1.54, 1.807) is 11.8 Å².